The zero-order chi connectivity index (χ0) is 19.8. The Morgan fingerprint density at radius 2 is 1.75 bits per heavy atom. The van der Waals surface area contributed by atoms with Crippen LogP contribution in [0.3, 0.4) is 0 Å². The predicted molar refractivity (Wildman–Crippen MR) is 112 cm³/mol. The number of aromatic nitrogens is 1. The van der Waals surface area contributed by atoms with Crippen molar-refractivity contribution in [2.45, 2.75) is 52.4 Å². The third kappa shape index (κ3) is 5.69. The van der Waals surface area contributed by atoms with Crippen molar-refractivity contribution in [3.05, 3.63) is 53.6 Å². The maximum absolute atomic E-state index is 6.10. The smallest absolute Gasteiger partial charge is 0.215 e. The second kappa shape index (κ2) is 10.4. The van der Waals surface area contributed by atoms with E-state index in [0.717, 1.165) is 50.8 Å². The van der Waals surface area contributed by atoms with E-state index in [9.17, 15) is 0 Å². The number of morpholine rings is 1. The first kappa shape index (κ1) is 20.6. The van der Waals surface area contributed by atoms with Crippen LogP contribution >= 0.6 is 0 Å². The van der Waals surface area contributed by atoms with Crippen molar-refractivity contribution in [3.63, 3.8) is 0 Å². The third-order valence-electron chi connectivity index (χ3n) is 4.94. The first-order valence-corrected chi connectivity index (χ1v) is 10.4. The second-order valence-electron chi connectivity index (χ2n) is 7.07. The van der Waals surface area contributed by atoms with Crippen molar-refractivity contribution in [2.24, 2.45) is 0 Å². The van der Waals surface area contributed by atoms with Crippen LogP contribution in [0.5, 0.6) is 5.88 Å². The van der Waals surface area contributed by atoms with E-state index in [1.54, 1.807) is 0 Å². The molecule has 1 aromatic heterocycles. The quantitative estimate of drug-likeness (QED) is 0.739. The average molecular weight is 385 g/mol. The van der Waals surface area contributed by atoms with Gasteiger partial charge in [-0.05, 0) is 24.1 Å². The van der Waals surface area contributed by atoms with Crippen molar-refractivity contribution >= 4 is 5.82 Å². The highest BCUT2D eigenvalue weighted by Crippen LogP contribution is 2.30. The SMILES string of the molecule is CC.Cc1cc(OC2CC(OCc3ccccc3)C2)nc(N2CCOCC2)c1. The molecule has 1 saturated carbocycles. The van der Waals surface area contributed by atoms with Gasteiger partial charge >= 0.3 is 0 Å². The fourth-order valence-corrected chi connectivity index (χ4v) is 3.34. The molecular weight excluding hydrogens is 352 g/mol. The second-order valence-corrected chi connectivity index (χ2v) is 7.07. The van der Waals surface area contributed by atoms with E-state index in [1.807, 2.05) is 38.1 Å². The summed E-state index contributed by atoms with van der Waals surface area (Å²) in [5, 5.41) is 0. The lowest BCUT2D eigenvalue weighted by Gasteiger charge is -2.35. The van der Waals surface area contributed by atoms with E-state index in [-0.39, 0.29) is 12.2 Å². The minimum Gasteiger partial charge on any atom is -0.474 e. The molecule has 0 radical (unpaired) electrons. The number of hydrogen-bond acceptors (Lipinski definition) is 5. The van der Waals surface area contributed by atoms with Crippen LogP contribution in [-0.4, -0.2) is 43.5 Å². The number of anilines is 1. The fourth-order valence-electron chi connectivity index (χ4n) is 3.34. The summed E-state index contributed by atoms with van der Waals surface area (Å²) in [4.78, 5) is 6.96. The maximum atomic E-state index is 6.10. The van der Waals surface area contributed by atoms with Crippen LogP contribution in [0.2, 0.25) is 0 Å². The molecule has 0 spiro atoms. The lowest BCUT2D eigenvalue weighted by Crippen LogP contribution is -2.40. The summed E-state index contributed by atoms with van der Waals surface area (Å²) < 4.78 is 17.5. The van der Waals surface area contributed by atoms with Gasteiger partial charge in [-0.2, -0.15) is 4.98 Å². The molecule has 2 aromatic rings. The standard InChI is InChI=1S/C21H26N2O3.C2H6/c1-16-11-20(23-7-9-24-10-8-23)22-21(12-16)26-19-13-18(14-19)25-15-17-5-3-2-4-6-17;1-2/h2-6,11-12,18-19H,7-10,13-15H2,1H3;1-2H3. The molecule has 0 atom stereocenters. The summed E-state index contributed by atoms with van der Waals surface area (Å²) >= 11 is 0. The van der Waals surface area contributed by atoms with Crippen molar-refractivity contribution in [2.75, 3.05) is 31.2 Å². The van der Waals surface area contributed by atoms with Gasteiger partial charge < -0.3 is 19.1 Å². The van der Waals surface area contributed by atoms with E-state index in [1.165, 1.54) is 11.1 Å². The van der Waals surface area contributed by atoms with Crippen molar-refractivity contribution in [3.8, 4) is 5.88 Å². The lowest BCUT2D eigenvalue weighted by atomic mass is 9.92. The summed E-state index contributed by atoms with van der Waals surface area (Å²) in [7, 11) is 0. The highest BCUT2D eigenvalue weighted by atomic mass is 16.5. The molecule has 1 saturated heterocycles. The normalized spacial score (nSPS) is 21.3. The molecule has 1 aliphatic heterocycles. The summed E-state index contributed by atoms with van der Waals surface area (Å²) in [5.74, 6) is 1.71. The van der Waals surface area contributed by atoms with Crippen molar-refractivity contribution in [1.82, 2.24) is 4.98 Å². The van der Waals surface area contributed by atoms with Crippen LogP contribution in [0.25, 0.3) is 0 Å². The van der Waals surface area contributed by atoms with Gasteiger partial charge in [0.15, 0.2) is 0 Å². The highest BCUT2D eigenvalue weighted by molar-refractivity contribution is 5.44. The Kier molecular flexibility index (Phi) is 7.69. The first-order chi connectivity index (χ1) is 13.8. The number of pyridine rings is 1. The van der Waals surface area contributed by atoms with Crippen LogP contribution < -0.4 is 9.64 Å². The Balaban J connectivity index is 0.00000109. The van der Waals surface area contributed by atoms with Crippen molar-refractivity contribution < 1.29 is 14.2 Å². The van der Waals surface area contributed by atoms with Crippen LogP contribution in [0.15, 0.2) is 42.5 Å². The van der Waals surface area contributed by atoms with E-state index in [4.69, 9.17) is 19.2 Å². The van der Waals surface area contributed by atoms with Gasteiger partial charge in [-0.1, -0.05) is 44.2 Å². The van der Waals surface area contributed by atoms with Crippen LogP contribution in [-0.2, 0) is 16.1 Å². The number of ether oxygens (including phenoxy) is 3. The van der Waals surface area contributed by atoms with Gasteiger partial charge in [-0.25, -0.2) is 0 Å². The first-order valence-electron chi connectivity index (χ1n) is 10.4. The zero-order valence-electron chi connectivity index (χ0n) is 17.3. The maximum Gasteiger partial charge on any atom is 0.215 e. The lowest BCUT2D eigenvalue weighted by molar-refractivity contribution is -0.0694. The van der Waals surface area contributed by atoms with Crippen LogP contribution in [0, 0.1) is 6.92 Å². The number of rotatable bonds is 6. The van der Waals surface area contributed by atoms with E-state index in [0.29, 0.717) is 6.61 Å². The molecule has 28 heavy (non-hydrogen) atoms. The summed E-state index contributed by atoms with van der Waals surface area (Å²) in [6.07, 6.45) is 2.33. The van der Waals surface area contributed by atoms with Gasteiger partial charge in [0.1, 0.15) is 11.9 Å². The number of hydrogen-bond donors (Lipinski definition) is 0. The Hall–Kier alpha value is -2.11. The minimum absolute atomic E-state index is 0.197. The topological polar surface area (TPSA) is 43.8 Å². The van der Waals surface area contributed by atoms with E-state index in [2.05, 4.69) is 30.0 Å². The number of nitrogens with zero attached hydrogens (tertiary/aromatic N) is 2. The van der Waals surface area contributed by atoms with Gasteiger partial charge in [0.05, 0.1) is 25.9 Å². The number of benzene rings is 1. The molecule has 0 amide bonds. The Morgan fingerprint density at radius 3 is 2.46 bits per heavy atom. The van der Waals surface area contributed by atoms with Gasteiger partial charge in [0.2, 0.25) is 5.88 Å². The molecule has 4 rings (SSSR count). The fraction of sp³-hybridized carbons (Fsp3) is 0.522. The highest BCUT2D eigenvalue weighted by Gasteiger charge is 2.32. The monoisotopic (exact) mass is 384 g/mol. The van der Waals surface area contributed by atoms with E-state index < -0.39 is 0 Å². The van der Waals surface area contributed by atoms with Gasteiger partial charge in [-0.15, -0.1) is 0 Å². The van der Waals surface area contributed by atoms with Gasteiger partial charge in [0.25, 0.3) is 0 Å². The largest absolute Gasteiger partial charge is 0.474 e. The molecule has 0 N–H and O–H groups in total. The Labute approximate surface area is 168 Å². The number of aryl methyl sites for hydroxylation is 1. The molecule has 0 unspecified atom stereocenters. The zero-order valence-corrected chi connectivity index (χ0v) is 17.3. The minimum atomic E-state index is 0.197. The molecule has 2 aliphatic rings. The van der Waals surface area contributed by atoms with E-state index >= 15 is 0 Å². The predicted octanol–water partition coefficient (Wildman–Crippen LogP) is 4.38. The molecule has 1 aromatic carbocycles. The van der Waals surface area contributed by atoms with Gasteiger partial charge in [-0.3, -0.25) is 0 Å². The summed E-state index contributed by atoms with van der Waals surface area (Å²) in [6, 6.07) is 14.4. The molecular formula is C23H32N2O3. The van der Waals surface area contributed by atoms with Crippen molar-refractivity contribution in [1.29, 1.82) is 0 Å². The molecule has 5 heteroatoms. The molecule has 2 fully saturated rings. The summed E-state index contributed by atoms with van der Waals surface area (Å²) in [5.41, 5.74) is 2.39. The molecule has 5 nitrogen and oxygen atoms in total. The summed E-state index contributed by atoms with van der Waals surface area (Å²) in [6.45, 7) is 10.0. The average Bonchev–Trinajstić information content (AvgIpc) is 2.72. The Morgan fingerprint density at radius 1 is 1.04 bits per heavy atom. The Bertz CT molecular complexity index is 711. The third-order valence-corrected chi connectivity index (χ3v) is 4.94. The van der Waals surface area contributed by atoms with Gasteiger partial charge in [0, 0.05) is 32.0 Å². The molecule has 2 heterocycles. The van der Waals surface area contributed by atoms with Crippen LogP contribution in [0.4, 0.5) is 5.82 Å². The molecule has 152 valence electrons. The molecule has 0 bridgehead atoms. The van der Waals surface area contributed by atoms with Crippen LogP contribution in [0.1, 0.15) is 37.8 Å². The molecule has 1 aliphatic carbocycles.